The summed E-state index contributed by atoms with van der Waals surface area (Å²) >= 11 is 0. The van der Waals surface area contributed by atoms with Crippen molar-refractivity contribution in [3.8, 4) is 0 Å². The van der Waals surface area contributed by atoms with Crippen molar-refractivity contribution >= 4 is 0 Å². The minimum atomic E-state index is 0.223. The van der Waals surface area contributed by atoms with Crippen LogP contribution in [0.5, 0.6) is 0 Å². The third kappa shape index (κ3) is 3.04. The topological polar surface area (TPSA) is 26.0 Å². The first-order valence-corrected chi connectivity index (χ1v) is 9.02. The van der Waals surface area contributed by atoms with Crippen LogP contribution in [0.4, 0.5) is 0 Å². The van der Waals surface area contributed by atoms with Crippen molar-refractivity contribution in [1.29, 1.82) is 0 Å². The molecular weight excluding hydrogens is 254 g/mol. The predicted octanol–water partition coefficient (Wildman–Crippen LogP) is 5.34. The van der Waals surface area contributed by atoms with Crippen LogP contribution in [0.2, 0.25) is 0 Å². The zero-order valence-electron chi connectivity index (χ0n) is 14.5. The molecule has 0 amide bonds. The van der Waals surface area contributed by atoms with E-state index < -0.39 is 0 Å². The number of rotatable bonds is 6. The molecule has 0 radical (unpaired) electrons. The fourth-order valence-electron chi connectivity index (χ4n) is 4.31. The lowest BCUT2D eigenvalue weighted by Gasteiger charge is -2.37. The third-order valence-corrected chi connectivity index (χ3v) is 5.86. The van der Waals surface area contributed by atoms with Crippen LogP contribution in [0, 0.1) is 5.41 Å². The van der Waals surface area contributed by atoms with Crippen LogP contribution in [0.25, 0.3) is 0 Å². The van der Waals surface area contributed by atoms with Gasteiger partial charge < -0.3 is 5.73 Å². The van der Waals surface area contributed by atoms with E-state index in [1.165, 1.54) is 54.4 Å². The molecule has 0 spiro atoms. The molecule has 21 heavy (non-hydrogen) atoms. The first-order valence-electron chi connectivity index (χ1n) is 9.02. The third-order valence-electron chi connectivity index (χ3n) is 5.86. The second kappa shape index (κ2) is 6.96. The average Bonchev–Trinajstić information content (AvgIpc) is 3.02. The minimum absolute atomic E-state index is 0.223. The molecule has 0 bridgehead atoms. The Morgan fingerprint density at radius 1 is 0.952 bits per heavy atom. The van der Waals surface area contributed by atoms with Gasteiger partial charge in [0.15, 0.2) is 0 Å². The lowest BCUT2D eigenvalue weighted by molar-refractivity contribution is 0.220. The molecule has 0 saturated heterocycles. The van der Waals surface area contributed by atoms with Gasteiger partial charge in [0.05, 0.1) is 0 Å². The Labute approximate surface area is 131 Å². The van der Waals surface area contributed by atoms with Crippen LogP contribution >= 0.6 is 0 Å². The summed E-state index contributed by atoms with van der Waals surface area (Å²) in [6, 6.07) is 5.04. The molecule has 1 aromatic rings. The fourth-order valence-corrected chi connectivity index (χ4v) is 4.31. The molecule has 1 fully saturated rings. The summed E-state index contributed by atoms with van der Waals surface area (Å²) in [6.45, 7) is 9.14. The van der Waals surface area contributed by atoms with Gasteiger partial charge in [0.1, 0.15) is 0 Å². The SMILES string of the molecule is CCc1cc(CC)c(C(N)C2(CC)CCCC2)c(CC)c1. The molecule has 0 heterocycles. The summed E-state index contributed by atoms with van der Waals surface area (Å²) in [4.78, 5) is 0. The van der Waals surface area contributed by atoms with E-state index in [4.69, 9.17) is 5.73 Å². The largest absolute Gasteiger partial charge is 0.323 e. The van der Waals surface area contributed by atoms with Gasteiger partial charge in [-0.15, -0.1) is 0 Å². The van der Waals surface area contributed by atoms with Crippen molar-refractivity contribution in [3.63, 3.8) is 0 Å². The first kappa shape index (κ1) is 16.5. The molecule has 1 atom stereocenters. The molecule has 1 aliphatic carbocycles. The highest BCUT2D eigenvalue weighted by molar-refractivity contribution is 5.42. The summed E-state index contributed by atoms with van der Waals surface area (Å²) in [5.41, 5.74) is 13.2. The van der Waals surface area contributed by atoms with E-state index in [9.17, 15) is 0 Å². The van der Waals surface area contributed by atoms with Gasteiger partial charge >= 0.3 is 0 Å². The van der Waals surface area contributed by atoms with Crippen LogP contribution in [0.1, 0.15) is 88.1 Å². The van der Waals surface area contributed by atoms with Gasteiger partial charge in [0.25, 0.3) is 0 Å². The van der Waals surface area contributed by atoms with Gasteiger partial charge in [0, 0.05) is 6.04 Å². The maximum atomic E-state index is 6.89. The molecule has 2 rings (SSSR count). The predicted molar refractivity (Wildman–Crippen MR) is 92.7 cm³/mol. The monoisotopic (exact) mass is 287 g/mol. The quantitative estimate of drug-likeness (QED) is 0.750. The normalized spacial score (nSPS) is 18.9. The molecule has 1 unspecified atom stereocenters. The van der Waals surface area contributed by atoms with E-state index in [0.717, 1.165) is 19.3 Å². The number of hydrogen-bond acceptors (Lipinski definition) is 1. The summed E-state index contributed by atoms with van der Waals surface area (Å²) in [7, 11) is 0. The smallest absolute Gasteiger partial charge is 0.0357 e. The molecule has 1 heteroatoms. The Hall–Kier alpha value is -0.820. The molecule has 1 nitrogen and oxygen atoms in total. The van der Waals surface area contributed by atoms with E-state index in [0.29, 0.717) is 5.41 Å². The maximum absolute atomic E-state index is 6.89. The van der Waals surface area contributed by atoms with Crippen molar-refractivity contribution in [2.24, 2.45) is 11.1 Å². The highest BCUT2D eigenvalue weighted by atomic mass is 14.7. The highest BCUT2D eigenvalue weighted by Crippen LogP contribution is 2.50. The summed E-state index contributed by atoms with van der Waals surface area (Å²) in [5.74, 6) is 0. The van der Waals surface area contributed by atoms with Crippen LogP contribution < -0.4 is 5.73 Å². The molecule has 1 aromatic carbocycles. The van der Waals surface area contributed by atoms with E-state index in [1.54, 1.807) is 0 Å². The molecule has 118 valence electrons. The summed E-state index contributed by atoms with van der Waals surface area (Å²) in [5, 5.41) is 0. The van der Waals surface area contributed by atoms with E-state index in [1.807, 2.05) is 0 Å². The second-order valence-corrected chi connectivity index (χ2v) is 6.79. The molecule has 0 aromatic heterocycles. The van der Waals surface area contributed by atoms with Gasteiger partial charge in [-0.3, -0.25) is 0 Å². The van der Waals surface area contributed by atoms with Crippen molar-refractivity contribution in [3.05, 3.63) is 34.4 Å². The zero-order chi connectivity index (χ0) is 15.5. The number of hydrogen-bond donors (Lipinski definition) is 1. The van der Waals surface area contributed by atoms with Crippen molar-refractivity contribution in [1.82, 2.24) is 0 Å². The average molecular weight is 287 g/mol. The molecule has 0 aliphatic heterocycles. The van der Waals surface area contributed by atoms with Crippen LogP contribution in [0.15, 0.2) is 12.1 Å². The van der Waals surface area contributed by atoms with E-state index in [-0.39, 0.29) is 6.04 Å². The highest BCUT2D eigenvalue weighted by Gasteiger charge is 2.39. The number of benzene rings is 1. The molecular formula is C20H33N. The lowest BCUT2D eigenvalue weighted by atomic mass is 9.71. The van der Waals surface area contributed by atoms with Crippen LogP contribution in [-0.4, -0.2) is 0 Å². The number of aryl methyl sites for hydroxylation is 3. The van der Waals surface area contributed by atoms with Crippen LogP contribution in [-0.2, 0) is 19.3 Å². The Balaban J connectivity index is 2.50. The maximum Gasteiger partial charge on any atom is 0.0357 e. The molecule has 2 N–H and O–H groups in total. The Morgan fingerprint density at radius 3 is 1.86 bits per heavy atom. The van der Waals surface area contributed by atoms with Gasteiger partial charge in [-0.1, -0.05) is 52.7 Å². The molecule has 1 saturated carbocycles. The summed E-state index contributed by atoms with van der Waals surface area (Å²) in [6.07, 6.45) is 9.88. The van der Waals surface area contributed by atoms with Crippen molar-refractivity contribution in [2.45, 2.75) is 85.1 Å². The minimum Gasteiger partial charge on any atom is -0.323 e. The van der Waals surface area contributed by atoms with Gasteiger partial charge in [0.2, 0.25) is 0 Å². The zero-order valence-corrected chi connectivity index (χ0v) is 14.5. The van der Waals surface area contributed by atoms with E-state index >= 15 is 0 Å². The summed E-state index contributed by atoms with van der Waals surface area (Å²) < 4.78 is 0. The second-order valence-electron chi connectivity index (χ2n) is 6.79. The van der Waals surface area contributed by atoms with Gasteiger partial charge in [-0.2, -0.15) is 0 Å². The fraction of sp³-hybridized carbons (Fsp3) is 0.700. The molecule has 1 aliphatic rings. The number of nitrogens with two attached hydrogens (primary N) is 1. The Morgan fingerprint density at radius 2 is 1.48 bits per heavy atom. The van der Waals surface area contributed by atoms with Crippen molar-refractivity contribution in [2.75, 3.05) is 0 Å². The Bertz CT molecular complexity index is 444. The first-order chi connectivity index (χ1) is 10.1. The van der Waals surface area contributed by atoms with E-state index in [2.05, 4.69) is 39.8 Å². The van der Waals surface area contributed by atoms with Gasteiger partial charge in [-0.05, 0) is 66.2 Å². The lowest BCUT2D eigenvalue weighted by Crippen LogP contribution is -2.33. The Kier molecular flexibility index (Phi) is 5.48. The van der Waals surface area contributed by atoms with Gasteiger partial charge in [-0.25, -0.2) is 0 Å². The standard InChI is InChI=1S/C20H33N/c1-5-15-13-16(6-2)18(17(7-3)14-15)19(21)20(8-4)11-9-10-12-20/h13-14,19H,5-12,21H2,1-4H3. The van der Waals surface area contributed by atoms with Crippen molar-refractivity contribution < 1.29 is 0 Å². The van der Waals surface area contributed by atoms with Crippen LogP contribution in [0.3, 0.4) is 0 Å².